The predicted octanol–water partition coefficient (Wildman–Crippen LogP) is 1.73. The first-order valence-electron chi connectivity index (χ1n) is 8.71. The second kappa shape index (κ2) is 7.55. The van der Waals surface area contributed by atoms with Gasteiger partial charge in [0.15, 0.2) is 0 Å². The number of amides is 3. The number of benzene rings is 1. The lowest BCUT2D eigenvalue weighted by Crippen LogP contribution is -2.50. The molecule has 1 aromatic carbocycles. The number of ether oxygens (including phenoxy) is 1. The first-order chi connectivity index (χ1) is 12.1. The minimum absolute atomic E-state index is 0.0722. The van der Waals surface area contributed by atoms with Gasteiger partial charge >= 0.3 is 6.09 Å². The summed E-state index contributed by atoms with van der Waals surface area (Å²) >= 11 is 0. The molecule has 2 saturated heterocycles. The summed E-state index contributed by atoms with van der Waals surface area (Å²) in [5, 5.41) is 0. The van der Waals surface area contributed by atoms with Gasteiger partial charge in [-0.2, -0.15) is 0 Å². The number of carbonyl (C=O) groups is 3. The molecule has 2 aliphatic rings. The van der Waals surface area contributed by atoms with Gasteiger partial charge in [0.25, 0.3) is 5.91 Å². The van der Waals surface area contributed by atoms with Crippen LogP contribution >= 0.6 is 0 Å². The predicted molar refractivity (Wildman–Crippen MR) is 92.5 cm³/mol. The van der Waals surface area contributed by atoms with Crippen LogP contribution < -0.4 is 4.90 Å². The summed E-state index contributed by atoms with van der Waals surface area (Å²) in [6, 6.07) is 7.22. The molecule has 0 aliphatic carbocycles. The van der Waals surface area contributed by atoms with Crippen LogP contribution in [0.25, 0.3) is 0 Å². The summed E-state index contributed by atoms with van der Waals surface area (Å²) in [6.45, 7) is 4.71. The van der Waals surface area contributed by atoms with Crippen LogP contribution in [0.4, 0.5) is 10.5 Å². The molecule has 0 aromatic heterocycles. The van der Waals surface area contributed by atoms with Crippen molar-refractivity contribution in [1.82, 2.24) is 9.80 Å². The van der Waals surface area contributed by atoms with E-state index in [-0.39, 0.29) is 17.9 Å². The lowest BCUT2D eigenvalue weighted by atomic mass is 10.1. The molecule has 0 atom stereocenters. The van der Waals surface area contributed by atoms with Crippen LogP contribution in [0, 0.1) is 0 Å². The summed E-state index contributed by atoms with van der Waals surface area (Å²) in [6.07, 6.45) is 1.09. The molecule has 134 valence electrons. The van der Waals surface area contributed by atoms with E-state index in [0.717, 1.165) is 12.1 Å². The standard InChI is InChI=1S/C18H23N3O4/c1-2-25-18(24)20-11-9-19(10-12-20)17(23)14-5-3-6-15(13-14)21-8-4-7-16(21)22/h3,5-6,13H,2,4,7-12H2,1H3. The van der Waals surface area contributed by atoms with E-state index in [1.165, 1.54) is 0 Å². The van der Waals surface area contributed by atoms with E-state index in [1.807, 2.05) is 12.1 Å². The van der Waals surface area contributed by atoms with Gasteiger partial charge in [-0.15, -0.1) is 0 Å². The SMILES string of the molecule is CCOC(=O)N1CCN(C(=O)c2cccc(N3CCCC3=O)c2)CC1. The fourth-order valence-corrected chi connectivity index (χ4v) is 3.22. The van der Waals surface area contributed by atoms with Crippen LogP contribution in [0.2, 0.25) is 0 Å². The first kappa shape index (κ1) is 17.3. The molecule has 2 aliphatic heterocycles. The van der Waals surface area contributed by atoms with Crippen molar-refractivity contribution < 1.29 is 19.1 Å². The van der Waals surface area contributed by atoms with Crippen LogP contribution in [-0.2, 0) is 9.53 Å². The number of rotatable bonds is 3. The normalized spacial score (nSPS) is 17.8. The Labute approximate surface area is 147 Å². The Morgan fingerprint density at radius 1 is 1.08 bits per heavy atom. The fourth-order valence-electron chi connectivity index (χ4n) is 3.22. The highest BCUT2D eigenvalue weighted by atomic mass is 16.6. The van der Waals surface area contributed by atoms with Crippen LogP contribution in [0.5, 0.6) is 0 Å². The number of anilines is 1. The van der Waals surface area contributed by atoms with Gasteiger partial charge in [-0.05, 0) is 31.5 Å². The highest BCUT2D eigenvalue weighted by Crippen LogP contribution is 2.23. The maximum absolute atomic E-state index is 12.7. The van der Waals surface area contributed by atoms with E-state index in [2.05, 4.69) is 0 Å². The quantitative estimate of drug-likeness (QED) is 0.836. The molecule has 25 heavy (non-hydrogen) atoms. The van der Waals surface area contributed by atoms with Crippen molar-refractivity contribution in [3.63, 3.8) is 0 Å². The smallest absolute Gasteiger partial charge is 0.409 e. The third-order valence-corrected chi connectivity index (χ3v) is 4.57. The second-order valence-corrected chi connectivity index (χ2v) is 6.18. The third kappa shape index (κ3) is 3.75. The van der Waals surface area contributed by atoms with Gasteiger partial charge in [0.05, 0.1) is 6.61 Å². The number of nitrogens with zero attached hydrogens (tertiary/aromatic N) is 3. The maximum atomic E-state index is 12.7. The molecule has 0 spiro atoms. The summed E-state index contributed by atoms with van der Waals surface area (Å²) in [7, 11) is 0. The first-order valence-corrected chi connectivity index (χ1v) is 8.71. The molecule has 0 bridgehead atoms. The molecule has 0 unspecified atom stereocenters. The lowest BCUT2D eigenvalue weighted by Gasteiger charge is -2.34. The van der Waals surface area contributed by atoms with E-state index >= 15 is 0 Å². The summed E-state index contributed by atoms with van der Waals surface area (Å²) < 4.78 is 4.99. The maximum Gasteiger partial charge on any atom is 0.409 e. The Morgan fingerprint density at radius 3 is 2.44 bits per heavy atom. The van der Waals surface area contributed by atoms with E-state index in [4.69, 9.17) is 4.74 Å². The Kier molecular flexibility index (Phi) is 5.21. The molecule has 3 amide bonds. The van der Waals surface area contributed by atoms with E-state index in [1.54, 1.807) is 33.8 Å². The molecule has 0 radical (unpaired) electrons. The summed E-state index contributed by atoms with van der Waals surface area (Å²) in [5.41, 5.74) is 1.35. The van der Waals surface area contributed by atoms with Crippen molar-refractivity contribution in [1.29, 1.82) is 0 Å². The van der Waals surface area contributed by atoms with Crippen molar-refractivity contribution in [3.05, 3.63) is 29.8 Å². The molecule has 7 heteroatoms. The van der Waals surface area contributed by atoms with Crippen molar-refractivity contribution in [2.45, 2.75) is 19.8 Å². The van der Waals surface area contributed by atoms with Crippen molar-refractivity contribution in [3.8, 4) is 0 Å². The number of piperazine rings is 1. The Bertz CT molecular complexity index is 668. The van der Waals surface area contributed by atoms with Gasteiger partial charge in [-0.3, -0.25) is 9.59 Å². The van der Waals surface area contributed by atoms with Crippen LogP contribution in [0.1, 0.15) is 30.1 Å². The average molecular weight is 345 g/mol. The largest absolute Gasteiger partial charge is 0.450 e. The Morgan fingerprint density at radius 2 is 1.80 bits per heavy atom. The Balaban J connectivity index is 1.64. The van der Waals surface area contributed by atoms with Gasteiger partial charge in [-0.1, -0.05) is 6.07 Å². The lowest BCUT2D eigenvalue weighted by molar-refractivity contribution is -0.117. The second-order valence-electron chi connectivity index (χ2n) is 6.18. The van der Waals surface area contributed by atoms with Crippen LogP contribution in [0.3, 0.4) is 0 Å². The molecule has 3 rings (SSSR count). The van der Waals surface area contributed by atoms with Gasteiger partial charge < -0.3 is 19.4 Å². The highest BCUT2D eigenvalue weighted by molar-refractivity contribution is 5.99. The van der Waals surface area contributed by atoms with E-state index in [0.29, 0.717) is 51.3 Å². The van der Waals surface area contributed by atoms with Crippen molar-refractivity contribution in [2.24, 2.45) is 0 Å². The van der Waals surface area contributed by atoms with Crippen LogP contribution in [-0.4, -0.2) is 67.0 Å². The zero-order valence-corrected chi connectivity index (χ0v) is 14.4. The molecule has 2 fully saturated rings. The average Bonchev–Trinajstić information content (AvgIpc) is 3.07. The number of hydrogen-bond acceptors (Lipinski definition) is 4. The van der Waals surface area contributed by atoms with Gasteiger partial charge in [0, 0.05) is 50.4 Å². The molecule has 1 aromatic rings. The number of carbonyl (C=O) groups excluding carboxylic acids is 3. The molecule has 0 N–H and O–H groups in total. The number of hydrogen-bond donors (Lipinski definition) is 0. The zero-order valence-electron chi connectivity index (χ0n) is 14.4. The zero-order chi connectivity index (χ0) is 17.8. The highest BCUT2D eigenvalue weighted by Gasteiger charge is 2.27. The molecule has 0 saturated carbocycles. The minimum atomic E-state index is -0.329. The van der Waals surface area contributed by atoms with E-state index in [9.17, 15) is 14.4 Å². The van der Waals surface area contributed by atoms with Gasteiger partial charge in [-0.25, -0.2) is 4.79 Å². The van der Waals surface area contributed by atoms with E-state index < -0.39 is 0 Å². The molecule has 7 nitrogen and oxygen atoms in total. The van der Waals surface area contributed by atoms with Gasteiger partial charge in [0.1, 0.15) is 0 Å². The summed E-state index contributed by atoms with van der Waals surface area (Å²) in [5.74, 6) is 0.0321. The van der Waals surface area contributed by atoms with Gasteiger partial charge in [0.2, 0.25) is 5.91 Å². The van der Waals surface area contributed by atoms with Crippen LogP contribution in [0.15, 0.2) is 24.3 Å². The molecule has 2 heterocycles. The van der Waals surface area contributed by atoms with Crippen molar-refractivity contribution in [2.75, 3.05) is 44.2 Å². The molecular weight excluding hydrogens is 322 g/mol. The Hall–Kier alpha value is -2.57. The summed E-state index contributed by atoms with van der Waals surface area (Å²) in [4.78, 5) is 41.4. The van der Waals surface area contributed by atoms with Crippen molar-refractivity contribution >= 4 is 23.6 Å². The third-order valence-electron chi connectivity index (χ3n) is 4.57. The topological polar surface area (TPSA) is 70.2 Å². The molecular formula is C18H23N3O4. The minimum Gasteiger partial charge on any atom is -0.450 e. The monoisotopic (exact) mass is 345 g/mol. The fraction of sp³-hybridized carbons (Fsp3) is 0.500.